The van der Waals surface area contributed by atoms with Gasteiger partial charge >= 0.3 is 0 Å². The number of hydrogen-bond acceptors (Lipinski definition) is 1. The van der Waals surface area contributed by atoms with E-state index in [1.807, 2.05) is 30.3 Å². The van der Waals surface area contributed by atoms with Crippen LogP contribution in [0.1, 0.15) is 0 Å². The molecule has 0 atom stereocenters. The van der Waals surface area contributed by atoms with Gasteiger partial charge in [-0.1, -0.05) is 18.2 Å². The van der Waals surface area contributed by atoms with Gasteiger partial charge in [0.15, 0.2) is 0 Å². The smallest absolute Gasteiger partial charge is 0.248 e. The van der Waals surface area contributed by atoms with Crippen molar-refractivity contribution in [3.05, 3.63) is 46.8 Å². The third-order valence-electron chi connectivity index (χ3n) is 1.63. The first-order chi connectivity index (χ1) is 5.36. The van der Waals surface area contributed by atoms with Gasteiger partial charge in [0.2, 0.25) is 5.56 Å². The van der Waals surface area contributed by atoms with E-state index >= 15 is 0 Å². The average molecular weight is 291 g/mol. The Morgan fingerprint density at radius 1 is 0.800 bits per heavy atom. The standard InChI is InChI=1S/C9H7NO.4ClH/c11-9-6-5-7-3-1-2-4-8(7)10-9;;;;/h1-6H,(H,10,11);4*1H. The number of aromatic amines is 1. The molecule has 2 nitrogen and oxygen atoms in total. The van der Waals surface area contributed by atoms with Crippen LogP contribution in [0, 0.1) is 0 Å². The first kappa shape index (κ1) is 20.1. The number of rotatable bonds is 0. The summed E-state index contributed by atoms with van der Waals surface area (Å²) in [6, 6.07) is 11.0. The Morgan fingerprint density at radius 2 is 1.40 bits per heavy atom. The molecule has 0 radical (unpaired) electrons. The number of pyridine rings is 1. The quantitative estimate of drug-likeness (QED) is 0.794. The largest absolute Gasteiger partial charge is 0.322 e. The Bertz CT molecular complexity index is 443. The van der Waals surface area contributed by atoms with Gasteiger partial charge in [0.1, 0.15) is 0 Å². The van der Waals surface area contributed by atoms with E-state index < -0.39 is 0 Å². The molecule has 1 N–H and O–H groups in total. The maximum Gasteiger partial charge on any atom is 0.248 e. The number of hydrogen-bond donors (Lipinski definition) is 1. The number of H-pyrrole nitrogens is 1. The Labute approximate surface area is 112 Å². The van der Waals surface area contributed by atoms with Crippen molar-refractivity contribution in [1.82, 2.24) is 4.98 Å². The van der Waals surface area contributed by atoms with Gasteiger partial charge in [-0.15, -0.1) is 49.6 Å². The molecule has 0 aliphatic carbocycles. The molecule has 0 saturated heterocycles. The molecule has 1 aromatic heterocycles. The molecular formula is C9H11Cl4NO. The summed E-state index contributed by atoms with van der Waals surface area (Å²) in [4.78, 5) is 13.6. The third-order valence-corrected chi connectivity index (χ3v) is 1.63. The van der Waals surface area contributed by atoms with E-state index in [9.17, 15) is 4.79 Å². The highest BCUT2D eigenvalue weighted by Gasteiger charge is 1.89. The molecule has 0 bridgehead atoms. The van der Waals surface area contributed by atoms with Crippen molar-refractivity contribution in [2.45, 2.75) is 0 Å². The second-order valence-corrected chi connectivity index (χ2v) is 2.41. The summed E-state index contributed by atoms with van der Waals surface area (Å²) in [6.07, 6.45) is 0. The van der Waals surface area contributed by atoms with Crippen LogP contribution in [0.25, 0.3) is 10.9 Å². The predicted molar refractivity (Wildman–Crippen MR) is 73.6 cm³/mol. The Morgan fingerprint density at radius 3 is 2.07 bits per heavy atom. The van der Waals surface area contributed by atoms with Gasteiger partial charge in [-0.2, -0.15) is 0 Å². The normalized spacial score (nSPS) is 7.47. The molecule has 1 heterocycles. The summed E-state index contributed by atoms with van der Waals surface area (Å²) in [6.45, 7) is 0. The van der Waals surface area contributed by atoms with Crippen LogP contribution in [0.2, 0.25) is 0 Å². The molecule has 0 amide bonds. The lowest BCUT2D eigenvalue weighted by Gasteiger charge is -1.93. The summed E-state index contributed by atoms with van der Waals surface area (Å²) >= 11 is 0. The number of benzene rings is 1. The molecule has 2 aromatic rings. The second kappa shape index (κ2) is 8.86. The maximum atomic E-state index is 10.8. The topological polar surface area (TPSA) is 32.9 Å². The lowest BCUT2D eigenvalue weighted by atomic mass is 10.2. The fourth-order valence-corrected chi connectivity index (χ4v) is 1.10. The summed E-state index contributed by atoms with van der Waals surface area (Å²) in [5.41, 5.74) is 0.837. The van der Waals surface area contributed by atoms with Crippen LogP contribution in [0.4, 0.5) is 0 Å². The van der Waals surface area contributed by atoms with Crippen LogP contribution >= 0.6 is 49.6 Å². The molecule has 6 heteroatoms. The van der Waals surface area contributed by atoms with Gasteiger partial charge in [0.05, 0.1) is 0 Å². The first-order valence-electron chi connectivity index (χ1n) is 3.44. The summed E-state index contributed by atoms with van der Waals surface area (Å²) < 4.78 is 0. The van der Waals surface area contributed by atoms with Crippen LogP contribution in [-0.2, 0) is 0 Å². The van der Waals surface area contributed by atoms with E-state index in [1.54, 1.807) is 0 Å². The number of halogens is 4. The van der Waals surface area contributed by atoms with E-state index in [1.165, 1.54) is 6.07 Å². The van der Waals surface area contributed by atoms with Gasteiger partial charge in [-0.3, -0.25) is 4.79 Å². The van der Waals surface area contributed by atoms with Crippen molar-refractivity contribution in [3.63, 3.8) is 0 Å². The minimum Gasteiger partial charge on any atom is -0.322 e. The molecule has 0 aliphatic rings. The van der Waals surface area contributed by atoms with Crippen molar-refractivity contribution in [2.75, 3.05) is 0 Å². The lowest BCUT2D eigenvalue weighted by molar-refractivity contribution is 1.31. The minimum absolute atomic E-state index is 0. The number of nitrogens with one attached hydrogen (secondary N) is 1. The highest BCUT2D eigenvalue weighted by Crippen LogP contribution is 2.06. The van der Waals surface area contributed by atoms with Crippen molar-refractivity contribution < 1.29 is 0 Å². The van der Waals surface area contributed by atoms with Gasteiger partial charge in [-0.25, -0.2) is 0 Å². The second-order valence-electron chi connectivity index (χ2n) is 2.41. The van der Waals surface area contributed by atoms with Crippen LogP contribution in [0.5, 0.6) is 0 Å². The Hall–Kier alpha value is -0.410. The molecule has 0 spiro atoms. The maximum absolute atomic E-state index is 10.8. The summed E-state index contributed by atoms with van der Waals surface area (Å²) in [7, 11) is 0. The van der Waals surface area contributed by atoms with E-state index in [2.05, 4.69) is 4.98 Å². The van der Waals surface area contributed by atoms with Gasteiger partial charge in [0, 0.05) is 11.6 Å². The van der Waals surface area contributed by atoms with Crippen molar-refractivity contribution in [2.24, 2.45) is 0 Å². The SMILES string of the molecule is Cl.Cl.Cl.Cl.O=c1ccc2ccccc2[nH]1. The zero-order valence-electron chi connectivity index (χ0n) is 7.51. The third kappa shape index (κ3) is 4.76. The van der Waals surface area contributed by atoms with Gasteiger partial charge in [-0.05, 0) is 17.5 Å². The van der Waals surface area contributed by atoms with Crippen LogP contribution in [-0.4, -0.2) is 4.98 Å². The predicted octanol–water partition coefficient (Wildman–Crippen LogP) is 3.22. The summed E-state index contributed by atoms with van der Waals surface area (Å²) in [5, 5.41) is 1.06. The van der Waals surface area contributed by atoms with Crippen LogP contribution < -0.4 is 5.56 Å². The Kier molecular flexibility index (Phi) is 11.9. The van der Waals surface area contributed by atoms with E-state index in [0.717, 1.165) is 10.9 Å². The average Bonchev–Trinajstić information content (AvgIpc) is 2.04. The lowest BCUT2D eigenvalue weighted by Crippen LogP contribution is -2.01. The highest BCUT2D eigenvalue weighted by atomic mass is 35.5. The molecule has 0 fully saturated rings. The molecule has 86 valence electrons. The van der Waals surface area contributed by atoms with Crippen molar-refractivity contribution >= 4 is 60.5 Å². The molecule has 0 unspecified atom stereocenters. The van der Waals surface area contributed by atoms with E-state index in [4.69, 9.17) is 0 Å². The molecule has 0 aliphatic heterocycles. The van der Waals surface area contributed by atoms with Gasteiger partial charge < -0.3 is 4.98 Å². The molecule has 15 heavy (non-hydrogen) atoms. The number of para-hydroxylation sites is 1. The monoisotopic (exact) mass is 289 g/mol. The number of fused-ring (bicyclic) bond motifs is 1. The van der Waals surface area contributed by atoms with Crippen LogP contribution in [0.15, 0.2) is 41.2 Å². The summed E-state index contributed by atoms with van der Waals surface area (Å²) in [5.74, 6) is 0. The molecule has 2 rings (SSSR count). The first-order valence-corrected chi connectivity index (χ1v) is 3.44. The molecular weight excluding hydrogens is 280 g/mol. The Balaban J connectivity index is -0.000000360. The van der Waals surface area contributed by atoms with Crippen molar-refractivity contribution in [1.29, 1.82) is 0 Å². The van der Waals surface area contributed by atoms with E-state index in [-0.39, 0.29) is 55.2 Å². The minimum atomic E-state index is -0.0521. The number of aromatic nitrogens is 1. The molecule has 1 aromatic carbocycles. The van der Waals surface area contributed by atoms with Crippen LogP contribution in [0.3, 0.4) is 0 Å². The van der Waals surface area contributed by atoms with E-state index in [0.29, 0.717) is 0 Å². The fraction of sp³-hybridized carbons (Fsp3) is 0. The zero-order valence-corrected chi connectivity index (χ0v) is 10.8. The van der Waals surface area contributed by atoms with Crippen molar-refractivity contribution in [3.8, 4) is 0 Å². The zero-order chi connectivity index (χ0) is 7.68. The fourth-order valence-electron chi connectivity index (χ4n) is 1.10. The molecule has 0 saturated carbocycles. The van der Waals surface area contributed by atoms with Gasteiger partial charge in [0.25, 0.3) is 0 Å². The highest BCUT2D eigenvalue weighted by molar-refractivity contribution is 5.86.